The van der Waals surface area contributed by atoms with Gasteiger partial charge in [0, 0.05) is 11.1 Å². The summed E-state index contributed by atoms with van der Waals surface area (Å²) in [4.78, 5) is 16.7. The molecule has 1 N–H and O–H groups in total. The van der Waals surface area contributed by atoms with E-state index in [0.717, 1.165) is 34.7 Å². The van der Waals surface area contributed by atoms with E-state index in [9.17, 15) is 4.79 Å². The van der Waals surface area contributed by atoms with Crippen LogP contribution in [-0.2, 0) is 11.3 Å². The molecule has 5 heteroatoms. The number of nitrogens with zero attached hydrogens (tertiary/aromatic N) is 1. The van der Waals surface area contributed by atoms with Gasteiger partial charge in [-0.25, -0.2) is 9.78 Å². The van der Waals surface area contributed by atoms with Gasteiger partial charge in [-0.1, -0.05) is 31.4 Å². The van der Waals surface area contributed by atoms with Crippen LogP contribution in [-0.4, -0.2) is 17.7 Å². The topological polar surface area (TPSA) is 60.5 Å². The minimum atomic E-state index is -0.424. The van der Waals surface area contributed by atoms with Gasteiger partial charge in [0.2, 0.25) is 0 Å². The Labute approximate surface area is 171 Å². The number of hydrogen-bond acceptors (Lipinski definition) is 4. The van der Waals surface area contributed by atoms with E-state index in [2.05, 4.69) is 24.4 Å². The zero-order valence-corrected chi connectivity index (χ0v) is 17.0. The van der Waals surface area contributed by atoms with E-state index < -0.39 is 6.09 Å². The maximum absolute atomic E-state index is 11.9. The molecular formula is C24H28N2O3. The summed E-state index contributed by atoms with van der Waals surface area (Å²) >= 11 is 0. The molecule has 0 radical (unpaired) electrons. The predicted octanol–water partition coefficient (Wildman–Crippen LogP) is 5.96. The van der Waals surface area contributed by atoms with Gasteiger partial charge in [0.1, 0.15) is 18.2 Å². The molecule has 2 aromatic rings. The average molecular weight is 392 g/mol. The standard InChI is InChI=1S/C24H28N2O3/c1-15-6-5-9-21(28-13-16-10-11-16)22(15)20-12-18(17-7-3-2-4-8-17)19-14-29-24(27)26-23(19)25-20/h5-6,9,12,16-17H,2-4,7-8,10-11,13-14H2,1H3,(H,25,26,27). The molecule has 3 aliphatic rings. The molecule has 2 heterocycles. The van der Waals surface area contributed by atoms with Crippen molar-refractivity contribution in [3.05, 3.63) is 41.0 Å². The van der Waals surface area contributed by atoms with Crippen LogP contribution in [0.15, 0.2) is 24.3 Å². The van der Waals surface area contributed by atoms with E-state index in [1.54, 1.807) is 0 Å². The number of pyridine rings is 1. The van der Waals surface area contributed by atoms with Crippen molar-refractivity contribution in [2.24, 2.45) is 5.92 Å². The third-order valence-electron chi connectivity index (χ3n) is 6.43. The SMILES string of the molecule is Cc1cccc(OCC2CC2)c1-c1cc(C2CCCCC2)c2c(n1)NC(=O)OC2. The van der Waals surface area contributed by atoms with E-state index in [-0.39, 0.29) is 0 Å². The Morgan fingerprint density at radius 2 is 2.00 bits per heavy atom. The van der Waals surface area contributed by atoms with Crippen LogP contribution in [0.2, 0.25) is 0 Å². The van der Waals surface area contributed by atoms with Gasteiger partial charge in [-0.3, -0.25) is 5.32 Å². The zero-order valence-electron chi connectivity index (χ0n) is 17.0. The highest BCUT2D eigenvalue weighted by Gasteiger charge is 2.28. The van der Waals surface area contributed by atoms with Gasteiger partial charge in [0.25, 0.3) is 0 Å². The summed E-state index contributed by atoms with van der Waals surface area (Å²) in [6.07, 6.45) is 8.28. The number of benzene rings is 1. The molecule has 5 rings (SSSR count). The highest BCUT2D eigenvalue weighted by Crippen LogP contribution is 2.42. The molecule has 1 aliphatic heterocycles. The molecular weight excluding hydrogens is 364 g/mol. The maximum atomic E-state index is 11.9. The lowest BCUT2D eigenvalue weighted by Crippen LogP contribution is -2.24. The first-order chi connectivity index (χ1) is 14.2. The number of carbonyl (C=O) groups is 1. The van der Waals surface area contributed by atoms with E-state index in [1.807, 2.05) is 12.1 Å². The molecule has 1 amide bonds. The van der Waals surface area contributed by atoms with E-state index >= 15 is 0 Å². The fourth-order valence-corrected chi connectivity index (χ4v) is 4.60. The third kappa shape index (κ3) is 3.83. The molecule has 0 spiro atoms. The van der Waals surface area contributed by atoms with Crippen LogP contribution in [0, 0.1) is 12.8 Å². The van der Waals surface area contributed by atoms with Gasteiger partial charge in [-0.05, 0) is 67.7 Å². The van der Waals surface area contributed by atoms with Crippen molar-refractivity contribution in [1.29, 1.82) is 0 Å². The van der Waals surface area contributed by atoms with Crippen molar-refractivity contribution in [3.63, 3.8) is 0 Å². The van der Waals surface area contributed by atoms with E-state index in [1.165, 1.54) is 50.5 Å². The molecule has 0 unspecified atom stereocenters. The van der Waals surface area contributed by atoms with E-state index in [4.69, 9.17) is 14.5 Å². The van der Waals surface area contributed by atoms with Crippen LogP contribution in [0.25, 0.3) is 11.3 Å². The Hall–Kier alpha value is -2.56. The number of anilines is 1. The van der Waals surface area contributed by atoms with Crippen molar-refractivity contribution in [1.82, 2.24) is 4.98 Å². The second kappa shape index (κ2) is 7.69. The number of ether oxygens (including phenoxy) is 2. The number of rotatable bonds is 5. The molecule has 2 saturated carbocycles. The zero-order chi connectivity index (χ0) is 19.8. The number of fused-ring (bicyclic) bond motifs is 1. The maximum Gasteiger partial charge on any atom is 0.413 e. The molecule has 152 valence electrons. The second-order valence-electron chi connectivity index (χ2n) is 8.66. The molecule has 0 atom stereocenters. The van der Waals surface area contributed by atoms with Crippen LogP contribution in [0.1, 0.15) is 67.6 Å². The van der Waals surface area contributed by atoms with Gasteiger partial charge in [0.05, 0.1) is 12.3 Å². The number of hydrogen-bond donors (Lipinski definition) is 1. The second-order valence-corrected chi connectivity index (χ2v) is 8.66. The largest absolute Gasteiger partial charge is 0.493 e. The van der Waals surface area contributed by atoms with Crippen molar-refractivity contribution in [2.75, 3.05) is 11.9 Å². The first kappa shape index (κ1) is 18.5. The van der Waals surface area contributed by atoms with Crippen LogP contribution >= 0.6 is 0 Å². The van der Waals surface area contributed by atoms with Gasteiger partial charge in [-0.15, -0.1) is 0 Å². The number of aryl methyl sites for hydroxylation is 1. The van der Waals surface area contributed by atoms with Gasteiger partial charge in [0.15, 0.2) is 0 Å². The Bertz CT molecular complexity index is 930. The molecule has 2 fully saturated rings. The summed E-state index contributed by atoms with van der Waals surface area (Å²) in [6.45, 7) is 3.17. The summed E-state index contributed by atoms with van der Waals surface area (Å²) in [5.41, 5.74) is 5.37. The highest BCUT2D eigenvalue weighted by molar-refractivity contribution is 5.87. The lowest BCUT2D eigenvalue weighted by atomic mass is 9.81. The van der Waals surface area contributed by atoms with Crippen molar-refractivity contribution in [2.45, 2.75) is 64.4 Å². The Morgan fingerprint density at radius 1 is 1.17 bits per heavy atom. The molecule has 0 bridgehead atoms. The average Bonchev–Trinajstić information content (AvgIpc) is 3.56. The monoisotopic (exact) mass is 392 g/mol. The van der Waals surface area contributed by atoms with Crippen LogP contribution in [0.5, 0.6) is 5.75 Å². The van der Waals surface area contributed by atoms with Crippen molar-refractivity contribution < 1.29 is 14.3 Å². The summed E-state index contributed by atoms with van der Waals surface area (Å²) in [7, 11) is 0. The highest BCUT2D eigenvalue weighted by atomic mass is 16.5. The predicted molar refractivity (Wildman–Crippen MR) is 112 cm³/mol. The Kier molecular flexibility index (Phi) is 4.90. The number of aromatic nitrogens is 1. The minimum Gasteiger partial charge on any atom is -0.493 e. The first-order valence-corrected chi connectivity index (χ1v) is 10.9. The normalized spacial score (nSPS) is 19.3. The fraction of sp³-hybridized carbons (Fsp3) is 0.500. The molecule has 2 aliphatic carbocycles. The number of amides is 1. The molecule has 0 saturated heterocycles. The summed E-state index contributed by atoms with van der Waals surface area (Å²) in [5.74, 6) is 2.72. The Balaban J connectivity index is 1.59. The summed E-state index contributed by atoms with van der Waals surface area (Å²) in [5, 5.41) is 2.84. The lowest BCUT2D eigenvalue weighted by molar-refractivity contribution is 0.150. The Morgan fingerprint density at radius 3 is 2.79 bits per heavy atom. The minimum absolute atomic E-state index is 0.305. The van der Waals surface area contributed by atoms with Gasteiger partial charge < -0.3 is 9.47 Å². The summed E-state index contributed by atoms with van der Waals surface area (Å²) < 4.78 is 11.5. The van der Waals surface area contributed by atoms with Crippen molar-refractivity contribution >= 4 is 11.9 Å². The van der Waals surface area contributed by atoms with Gasteiger partial charge >= 0.3 is 6.09 Å². The number of carbonyl (C=O) groups excluding carboxylic acids is 1. The number of nitrogens with one attached hydrogen (secondary N) is 1. The van der Waals surface area contributed by atoms with Crippen LogP contribution < -0.4 is 10.1 Å². The van der Waals surface area contributed by atoms with Crippen LogP contribution in [0.4, 0.5) is 10.6 Å². The van der Waals surface area contributed by atoms with Gasteiger partial charge in [-0.2, -0.15) is 0 Å². The molecule has 1 aromatic carbocycles. The fourth-order valence-electron chi connectivity index (χ4n) is 4.60. The number of cyclic esters (lactones) is 1. The third-order valence-corrected chi connectivity index (χ3v) is 6.43. The molecule has 5 nitrogen and oxygen atoms in total. The van der Waals surface area contributed by atoms with E-state index in [0.29, 0.717) is 24.3 Å². The molecule has 29 heavy (non-hydrogen) atoms. The smallest absolute Gasteiger partial charge is 0.413 e. The molecule has 1 aromatic heterocycles. The summed E-state index contributed by atoms with van der Waals surface area (Å²) in [6, 6.07) is 8.40. The van der Waals surface area contributed by atoms with Crippen LogP contribution in [0.3, 0.4) is 0 Å². The van der Waals surface area contributed by atoms with Crippen molar-refractivity contribution in [3.8, 4) is 17.0 Å². The lowest BCUT2D eigenvalue weighted by Gasteiger charge is -2.28. The quantitative estimate of drug-likeness (QED) is 0.682. The first-order valence-electron chi connectivity index (χ1n) is 10.9.